The SMILES string of the molecule is O=C(Nc1ccc(Oc2ccc(CCC(=O)N3CCN(C(=O)CN4CCOCC4)CC3)cc2)cc1)c1ccc(Cl)c(Cl)c1. The Labute approximate surface area is 261 Å². The summed E-state index contributed by atoms with van der Waals surface area (Å²) in [5.41, 5.74) is 2.07. The van der Waals surface area contributed by atoms with Gasteiger partial charge < -0.3 is 24.6 Å². The van der Waals surface area contributed by atoms with E-state index in [-0.39, 0.29) is 17.7 Å². The molecule has 43 heavy (non-hydrogen) atoms. The van der Waals surface area contributed by atoms with Crippen molar-refractivity contribution in [2.45, 2.75) is 12.8 Å². The van der Waals surface area contributed by atoms with Crippen LogP contribution in [-0.4, -0.2) is 91.4 Å². The van der Waals surface area contributed by atoms with Gasteiger partial charge in [-0.3, -0.25) is 19.3 Å². The zero-order valence-electron chi connectivity index (χ0n) is 23.8. The van der Waals surface area contributed by atoms with Gasteiger partial charge in [0.1, 0.15) is 11.5 Å². The van der Waals surface area contributed by atoms with Crippen LogP contribution in [0.3, 0.4) is 0 Å². The predicted molar refractivity (Wildman–Crippen MR) is 166 cm³/mol. The zero-order chi connectivity index (χ0) is 30.2. The molecule has 2 heterocycles. The fraction of sp³-hybridized carbons (Fsp3) is 0.344. The molecule has 3 aromatic rings. The lowest BCUT2D eigenvalue weighted by Gasteiger charge is -2.36. The lowest BCUT2D eigenvalue weighted by atomic mass is 10.1. The average Bonchev–Trinajstić information content (AvgIpc) is 3.03. The third-order valence-electron chi connectivity index (χ3n) is 7.53. The molecule has 3 aromatic carbocycles. The molecule has 226 valence electrons. The highest BCUT2D eigenvalue weighted by atomic mass is 35.5. The molecule has 0 aromatic heterocycles. The summed E-state index contributed by atoms with van der Waals surface area (Å²) in [6, 6.07) is 19.4. The van der Waals surface area contributed by atoms with Gasteiger partial charge in [-0.2, -0.15) is 0 Å². The number of morpholine rings is 1. The molecule has 2 aliphatic heterocycles. The minimum Gasteiger partial charge on any atom is -0.457 e. The van der Waals surface area contributed by atoms with E-state index in [0.29, 0.717) is 91.6 Å². The van der Waals surface area contributed by atoms with Crippen LogP contribution >= 0.6 is 23.2 Å². The summed E-state index contributed by atoms with van der Waals surface area (Å²) in [5.74, 6) is 1.22. The second kappa shape index (κ2) is 14.7. The summed E-state index contributed by atoms with van der Waals surface area (Å²) in [7, 11) is 0. The number of hydrogen-bond acceptors (Lipinski definition) is 6. The van der Waals surface area contributed by atoms with Crippen molar-refractivity contribution < 1.29 is 23.9 Å². The number of nitrogens with zero attached hydrogens (tertiary/aromatic N) is 3. The third kappa shape index (κ3) is 8.70. The van der Waals surface area contributed by atoms with Crippen LogP contribution in [0.5, 0.6) is 11.5 Å². The maximum absolute atomic E-state index is 12.8. The number of aryl methyl sites for hydroxylation is 1. The molecule has 0 aliphatic carbocycles. The van der Waals surface area contributed by atoms with Crippen molar-refractivity contribution in [3.63, 3.8) is 0 Å². The Bertz CT molecular complexity index is 1420. The lowest BCUT2D eigenvalue weighted by molar-refractivity contribution is -0.140. The monoisotopic (exact) mass is 624 g/mol. The highest BCUT2D eigenvalue weighted by Crippen LogP contribution is 2.26. The Kier molecular flexibility index (Phi) is 10.5. The van der Waals surface area contributed by atoms with Crippen molar-refractivity contribution in [1.29, 1.82) is 0 Å². The first kappa shape index (κ1) is 30.8. The highest BCUT2D eigenvalue weighted by molar-refractivity contribution is 6.42. The van der Waals surface area contributed by atoms with Gasteiger partial charge in [0.15, 0.2) is 0 Å². The normalized spacial score (nSPS) is 15.7. The third-order valence-corrected chi connectivity index (χ3v) is 8.27. The molecule has 2 aliphatic rings. The molecular weight excluding hydrogens is 591 g/mol. The van der Waals surface area contributed by atoms with E-state index in [0.717, 1.165) is 18.7 Å². The Hall–Kier alpha value is -3.63. The van der Waals surface area contributed by atoms with Crippen molar-refractivity contribution in [2.75, 3.05) is 64.3 Å². The van der Waals surface area contributed by atoms with Gasteiger partial charge in [0, 0.05) is 56.9 Å². The molecule has 11 heteroatoms. The van der Waals surface area contributed by atoms with Crippen molar-refractivity contribution in [3.05, 3.63) is 87.9 Å². The van der Waals surface area contributed by atoms with E-state index in [4.69, 9.17) is 32.7 Å². The van der Waals surface area contributed by atoms with Crippen LogP contribution in [0.1, 0.15) is 22.3 Å². The topological polar surface area (TPSA) is 91.4 Å². The largest absolute Gasteiger partial charge is 0.457 e. The quantitative estimate of drug-likeness (QED) is 0.361. The van der Waals surface area contributed by atoms with Gasteiger partial charge in [0.2, 0.25) is 11.8 Å². The fourth-order valence-corrected chi connectivity index (χ4v) is 5.27. The fourth-order valence-electron chi connectivity index (χ4n) is 4.97. The molecular formula is C32H34Cl2N4O5. The summed E-state index contributed by atoms with van der Waals surface area (Å²) in [5, 5.41) is 3.53. The molecule has 3 amide bonds. The minimum absolute atomic E-state index is 0.104. The van der Waals surface area contributed by atoms with Gasteiger partial charge >= 0.3 is 0 Å². The van der Waals surface area contributed by atoms with Crippen LogP contribution in [0.25, 0.3) is 0 Å². The van der Waals surface area contributed by atoms with Crippen molar-refractivity contribution in [3.8, 4) is 11.5 Å². The lowest BCUT2D eigenvalue weighted by Crippen LogP contribution is -2.53. The van der Waals surface area contributed by atoms with E-state index in [9.17, 15) is 14.4 Å². The zero-order valence-corrected chi connectivity index (χ0v) is 25.3. The number of piperazine rings is 1. The Balaban J connectivity index is 1.03. The number of carbonyl (C=O) groups excluding carboxylic acids is 3. The summed E-state index contributed by atoms with van der Waals surface area (Å²) in [6.45, 7) is 5.62. The average molecular weight is 626 g/mol. The minimum atomic E-state index is -0.293. The molecule has 0 spiro atoms. The van der Waals surface area contributed by atoms with Gasteiger partial charge in [-0.05, 0) is 66.6 Å². The predicted octanol–water partition coefficient (Wildman–Crippen LogP) is 4.97. The van der Waals surface area contributed by atoms with Crippen LogP contribution in [0, 0.1) is 0 Å². The molecule has 1 N–H and O–H groups in total. The molecule has 9 nitrogen and oxygen atoms in total. The number of amides is 3. The maximum Gasteiger partial charge on any atom is 0.255 e. The van der Waals surface area contributed by atoms with E-state index in [2.05, 4.69) is 10.2 Å². The maximum atomic E-state index is 12.8. The van der Waals surface area contributed by atoms with Gasteiger partial charge in [-0.1, -0.05) is 35.3 Å². The van der Waals surface area contributed by atoms with Gasteiger partial charge in [-0.15, -0.1) is 0 Å². The molecule has 0 saturated carbocycles. The Morgan fingerprint density at radius 3 is 1.98 bits per heavy atom. The first-order valence-electron chi connectivity index (χ1n) is 14.3. The van der Waals surface area contributed by atoms with E-state index < -0.39 is 0 Å². The summed E-state index contributed by atoms with van der Waals surface area (Å²) in [6.07, 6.45) is 1.04. The van der Waals surface area contributed by atoms with E-state index >= 15 is 0 Å². The number of nitrogens with one attached hydrogen (secondary N) is 1. The van der Waals surface area contributed by atoms with Crippen LogP contribution < -0.4 is 10.1 Å². The van der Waals surface area contributed by atoms with Crippen molar-refractivity contribution in [1.82, 2.24) is 14.7 Å². The first-order chi connectivity index (χ1) is 20.8. The van der Waals surface area contributed by atoms with Gasteiger partial charge in [0.25, 0.3) is 5.91 Å². The number of carbonyl (C=O) groups is 3. The standard InChI is InChI=1S/C32H34Cl2N4O5/c33-28-11-4-24(21-29(28)34)32(41)35-25-5-9-27(10-6-25)43-26-7-1-23(2-8-26)3-12-30(39)37-13-15-38(16-14-37)31(40)22-36-17-19-42-20-18-36/h1-2,4-11,21H,3,12-20,22H2,(H,35,41). The van der Waals surface area contributed by atoms with Gasteiger partial charge in [-0.25, -0.2) is 0 Å². The number of ether oxygens (including phenoxy) is 2. The van der Waals surface area contributed by atoms with Crippen LogP contribution in [0.15, 0.2) is 66.7 Å². The summed E-state index contributed by atoms with van der Waals surface area (Å²) in [4.78, 5) is 43.8. The molecule has 0 radical (unpaired) electrons. The first-order valence-corrected chi connectivity index (χ1v) is 15.1. The van der Waals surface area contributed by atoms with E-state index in [1.165, 1.54) is 6.07 Å². The smallest absolute Gasteiger partial charge is 0.255 e. The molecule has 5 rings (SSSR count). The van der Waals surface area contributed by atoms with Crippen LogP contribution in [0.2, 0.25) is 10.0 Å². The second-order valence-corrected chi connectivity index (χ2v) is 11.3. The van der Waals surface area contributed by atoms with Gasteiger partial charge in [0.05, 0.1) is 29.8 Å². The number of anilines is 1. The molecule has 0 bridgehead atoms. The van der Waals surface area contributed by atoms with Crippen molar-refractivity contribution >= 4 is 46.6 Å². The molecule has 2 fully saturated rings. The molecule has 0 unspecified atom stereocenters. The van der Waals surface area contributed by atoms with E-state index in [1.54, 1.807) is 36.4 Å². The molecule has 2 saturated heterocycles. The second-order valence-electron chi connectivity index (χ2n) is 10.5. The number of halogens is 2. The number of benzene rings is 3. The summed E-state index contributed by atoms with van der Waals surface area (Å²) < 4.78 is 11.3. The van der Waals surface area contributed by atoms with Crippen LogP contribution in [0.4, 0.5) is 5.69 Å². The van der Waals surface area contributed by atoms with Crippen molar-refractivity contribution in [2.24, 2.45) is 0 Å². The molecule has 0 atom stereocenters. The Morgan fingerprint density at radius 1 is 0.744 bits per heavy atom. The Morgan fingerprint density at radius 2 is 1.35 bits per heavy atom. The van der Waals surface area contributed by atoms with E-state index in [1.807, 2.05) is 34.1 Å². The van der Waals surface area contributed by atoms with Crippen LogP contribution in [-0.2, 0) is 20.7 Å². The number of rotatable bonds is 9. The number of hydrogen-bond donors (Lipinski definition) is 1. The highest BCUT2D eigenvalue weighted by Gasteiger charge is 2.25. The summed E-state index contributed by atoms with van der Waals surface area (Å²) >= 11 is 11.9.